The van der Waals surface area contributed by atoms with E-state index in [0.717, 1.165) is 4.88 Å². The van der Waals surface area contributed by atoms with Gasteiger partial charge in [-0.15, -0.1) is 11.3 Å². The molecule has 0 atom stereocenters. The molecule has 18 heavy (non-hydrogen) atoms. The van der Waals surface area contributed by atoms with Crippen molar-refractivity contribution < 1.29 is 8.42 Å². The predicted molar refractivity (Wildman–Crippen MR) is 69.7 cm³/mol. The Hall–Kier alpha value is -1.25. The fraction of sp³-hybridized carbons (Fsp3) is 0.400. The van der Waals surface area contributed by atoms with Gasteiger partial charge in [0.05, 0.1) is 12.3 Å². The number of aromatic nitrogens is 3. The van der Waals surface area contributed by atoms with Crippen molar-refractivity contribution in [3.05, 3.63) is 34.5 Å². The Labute approximate surface area is 110 Å². The zero-order chi connectivity index (χ0) is 13.0. The summed E-state index contributed by atoms with van der Waals surface area (Å²) in [5, 5.41) is 8.28. The van der Waals surface area contributed by atoms with E-state index < -0.39 is 10.0 Å². The highest BCUT2D eigenvalue weighted by Gasteiger charge is 2.19. The first-order valence-corrected chi connectivity index (χ1v) is 7.87. The number of hydrogen-bond acceptors (Lipinski definition) is 5. The molecule has 0 aliphatic rings. The van der Waals surface area contributed by atoms with E-state index in [1.165, 1.54) is 10.6 Å². The lowest BCUT2D eigenvalue weighted by molar-refractivity contribution is 0.457. The maximum Gasteiger partial charge on any atom is 0.214 e. The molecule has 2 aromatic heterocycles. The fourth-order valence-corrected chi connectivity index (χ4v) is 3.40. The van der Waals surface area contributed by atoms with Gasteiger partial charge >= 0.3 is 0 Å². The monoisotopic (exact) mass is 286 g/mol. The Bertz CT molecular complexity index is 563. The third-order valence-corrected chi connectivity index (χ3v) is 5.23. The van der Waals surface area contributed by atoms with Crippen LogP contribution in [0.25, 0.3) is 0 Å². The van der Waals surface area contributed by atoms with Crippen LogP contribution in [0.1, 0.15) is 10.7 Å². The van der Waals surface area contributed by atoms with E-state index in [2.05, 4.69) is 15.2 Å². The van der Waals surface area contributed by atoms with Gasteiger partial charge < -0.3 is 0 Å². The summed E-state index contributed by atoms with van der Waals surface area (Å²) in [6.07, 6.45) is 1.90. The van der Waals surface area contributed by atoms with Crippen LogP contribution >= 0.6 is 11.3 Å². The summed E-state index contributed by atoms with van der Waals surface area (Å²) in [4.78, 5) is 4.98. The number of nitrogens with one attached hydrogen (secondary N) is 1. The van der Waals surface area contributed by atoms with Crippen molar-refractivity contribution in [1.29, 1.82) is 0 Å². The molecule has 6 nitrogen and oxygen atoms in total. The van der Waals surface area contributed by atoms with Crippen molar-refractivity contribution in [2.45, 2.75) is 13.0 Å². The number of aromatic amines is 1. The van der Waals surface area contributed by atoms with E-state index in [1.54, 1.807) is 18.4 Å². The Morgan fingerprint density at radius 3 is 2.94 bits per heavy atom. The topological polar surface area (TPSA) is 79.0 Å². The zero-order valence-corrected chi connectivity index (χ0v) is 11.5. The summed E-state index contributed by atoms with van der Waals surface area (Å²) >= 11 is 1.57. The third-order valence-electron chi connectivity index (χ3n) is 2.50. The van der Waals surface area contributed by atoms with E-state index >= 15 is 0 Å². The van der Waals surface area contributed by atoms with Gasteiger partial charge in [-0.05, 0) is 17.9 Å². The van der Waals surface area contributed by atoms with Gasteiger partial charge in [0.2, 0.25) is 10.0 Å². The zero-order valence-electron chi connectivity index (χ0n) is 9.91. The molecule has 98 valence electrons. The second-order valence-corrected chi connectivity index (χ2v) is 7.06. The number of rotatable bonds is 6. The molecule has 2 aromatic rings. The van der Waals surface area contributed by atoms with Crippen LogP contribution in [0.5, 0.6) is 0 Å². The second-order valence-electron chi connectivity index (χ2n) is 3.83. The molecule has 0 amide bonds. The van der Waals surface area contributed by atoms with Gasteiger partial charge in [0.1, 0.15) is 12.2 Å². The normalized spacial score (nSPS) is 12.1. The lowest BCUT2D eigenvalue weighted by Gasteiger charge is -2.15. The molecule has 1 N–H and O–H groups in total. The average molecular weight is 286 g/mol. The Morgan fingerprint density at radius 2 is 2.33 bits per heavy atom. The first-order valence-electron chi connectivity index (χ1n) is 5.38. The first-order chi connectivity index (χ1) is 8.58. The fourth-order valence-electron chi connectivity index (χ4n) is 1.46. The molecule has 2 rings (SSSR count). The number of sulfonamides is 1. The van der Waals surface area contributed by atoms with E-state index in [9.17, 15) is 8.42 Å². The van der Waals surface area contributed by atoms with Gasteiger partial charge in [-0.1, -0.05) is 6.07 Å². The highest BCUT2D eigenvalue weighted by atomic mass is 32.2. The quantitative estimate of drug-likeness (QED) is 0.854. The molecule has 0 saturated carbocycles. The molecule has 0 aliphatic heterocycles. The van der Waals surface area contributed by atoms with Gasteiger partial charge in [-0.3, -0.25) is 5.10 Å². The molecule has 0 fully saturated rings. The number of thiophene rings is 1. The molecule has 0 saturated heterocycles. The summed E-state index contributed by atoms with van der Waals surface area (Å²) in [6, 6.07) is 3.86. The Kier molecular flexibility index (Phi) is 4.10. The molecule has 8 heteroatoms. The Morgan fingerprint density at radius 1 is 1.50 bits per heavy atom. The largest absolute Gasteiger partial charge is 0.262 e. The van der Waals surface area contributed by atoms with Crippen molar-refractivity contribution in [3.8, 4) is 0 Å². The third kappa shape index (κ3) is 3.37. The van der Waals surface area contributed by atoms with Gasteiger partial charge in [-0.2, -0.15) is 9.40 Å². The van der Waals surface area contributed by atoms with Crippen LogP contribution in [-0.4, -0.2) is 40.7 Å². The summed E-state index contributed by atoms with van der Waals surface area (Å²) in [5.41, 5.74) is 0. The summed E-state index contributed by atoms with van der Waals surface area (Å²) in [6.45, 7) is 0.215. The minimum absolute atomic E-state index is 0.109. The molecule has 0 radical (unpaired) electrons. The van der Waals surface area contributed by atoms with E-state index in [1.807, 2.05) is 17.5 Å². The molecule has 2 heterocycles. The molecular weight excluding hydrogens is 272 g/mol. The van der Waals surface area contributed by atoms with Gasteiger partial charge in [0.15, 0.2) is 0 Å². The van der Waals surface area contributed by atoms with E-state index in [0.29, 0.717) is 12.2 Å². The number of hydrogen-bond donors (Lipinski definition) is 1. The van der Waals surface area contributed by atoms with Crippen molar-refractivity contribution in [1.82, 2.24) is 19.5 Å². The van der Waals surface area contributed by atoms with Crippen molar-refractivity contribution in [2.75, 3.05) is 12.8 Å². The lowest BCUT2D eigenvalue weighted by atomic mass is 10.4. The molecule has 0 aromatic carbocycles. The smallest absolute Gasteiger partial charge is 0.214 e. The van der Waals surface area contributed by atoms with Gasteiger partial charge in [0.25, 0.3) is 0 Å². The highest BCUT2D eigenvalue weighted by Crippen LogP contribution is 2.12. The van der Waals surface area contributed by atoms with Crippen LogP contribution in [0.15, 0.2) is 23.8 Å². The molecule has 0 aliphatic carbocycles. The van der Waals surface area contributed by atoms with Crippen molar-refractivity contribution >= 4 is 21.4 Å². The maximum absolute atomic E-state index is 12.0. The SMILES string of the molecule is CN(Cc1ncn[nH]1)S(=O)(=O)CCc1cccs1. The second kappa shape index (κ2) is 5.59. The summed E-state index contributed by atoms with van der Waals surface area (Å²) in [7, 11) is -1.71. The average Bonchev–Trinajstić information content (AvgIpc) is 2.99. The highest BCUT2D eigenvalue weighted by molar-refractivity contribution is 7.89. The number of H-pyrrole nitrogens is 1. The van der Waals surface area contributed by atoms with Crippen LogP contribution < -0.4 is 0 Å². The Balaban J connectivity index is 1.93. The number of aryl methyl sites for hydroxylation is 1. The van der Waals surface area contributed by atoms with Crippen LogP contribution in [-0.2, 0) is 23.0 Å². The predicted octanol–water partition coefficient (Wildman–Crippen LogP) is 0.871. The minimum atomic E-state index is -3.26. The maximum atomic E-state index is 12.0. The standard InChI is InChI=1S/C10H14N4O2S2/c1-14(7-10-11-8-12-13-10)18(15,16)6-4-9-3-2-5-17-9/h2-3,5,8H,4,6-7H2,1H3,(H,11,12,13). The summed E-state index contributed by atoms with van der Waals surface area (Å²) in [5.74, 6) is 0.648. The molecule has 0 bridgehead atoms. The van der Waals surface area contributed by atoms with Crippen LogP contribution in [0.3, 0.4) is 0 Å². The minimum Gasteiger partial charge on any atom is -0.262 e. The molecule has 0 unspecified atom stereocenters. The van der Waals surface area contributed by atoms with Crippen molar-refractivity contribution in [3.63, 3.8) is 0 Å². The van der Waals surface area contributed by atoms with Crippen LogP contribution in [0.2, 0.25) is 0 Å². The van der Waals surface area contributed by atoms with Crippen LogP contribution in [0.4, 0.5) is 0 Å². The van der Waals surface area contributed by atoms with Gasteiger partial charge in [0, 0.05) is 11.9 Å². The van der Waals surface area contributed by atoms with E-state index in [4.69, 9.17) is 0 Å². The lowest BCUT2D eigenvalue weighted by Crippen LogP contribution is -2.29. The first kappa shape index (κ1) is 13.2. The van der Waals surface area contributed by atoms with E-state index in [-0.39, 0.29) is 12.3 Å². The number of nitrogens with zero attached hydrogens (tertiary/aromatic N) is 3. The van der Waals surface area contributed by atoms with Gasteiger partial charge in [-0.25, -0.2) is 13.4 Å². The molecule has 0 spiro atoms. The van der Waals surface area contributed by atoms with Crippen molar-refractivity contribution in [2.24, 2.45) is 0 Å². The molecular formula is C10H14N4O2S2. The summed E-state index contributed by atoms with van der Waals surface area (Å²) < 4.78 is 25.3. The van der Waals surface area contributed by atoms with Crippen LogP contribution in [0, 0.1) is 0 Å².